The van der Waals surface area contributed by atoms with Crippen LogP contribution in [0.4, 0.5) is 0 Å². The molecular formula is C31H44O7. The summed E-state index contributed by atoms with van der Waals surface area (Å²) >= 11 is 0. The van der Waals surface area contributed by atoms with Crippen molar-refractivity contribution in [3.05, 3.63) is 0 Å². The third-order valence-corrected chi connectivity index (χ3v) is 13.0. The zero-order valence-corrected chi connectivity index (χ0v) is 23.3. The monoisotopic (exact) mass is 528 g/mol. The molecule has 0 aliphatic heterocycles. The van der Waals surface area contributed by atoms with Crippen LogP contribution in [0, 0.1) is 76.4 Å². The highest BCUT2D eigenvalue weighted by atomic mass is 16.7. The summed E-state index contributed by atoms with van der Waals surface area (Å²) in [5, 5.41) is 10.2. The minimum Gasteiger partial charge on any atom is -0.481 e. The molecule has 0 amide bonds. The van der Waals surface area contributed by atoms with Crippen molar-refractivity contribution >= 4 is 17.9 Å². The molecule has 0 radical (unpaired) electrons. The number of carboxylic acids is 1. The number of fused-ring (bicyclic) bond motifs is 9. The van der Waals surface area contributed by atoms with Crippen LogP contribution in [0.15, 0.2) is 0 Å². The molecule has 8 fully saturated rings. The average molecular weight is 529 g/mol. The van der Waals surface area contributed by atoms with E-state index in [1.54, 1.807) is 6.92 Å². The third kappa shape index (κ3) is 3.38. The molecule has 0 aromatic carbocycles. The predicted molar refractivity (Wildman–Crippen MR) is 136 cm³/mol. The maximum atomic E-state index is 14.3. The topological polar surface area (TPSA) is 99.1 Å². The summed E-state index contributed by atoms with van der Waals surface area (Å²) in [4.78, 5) is 40.3. The zero-order valence-electron chi connectivity index (χ0n) is 23.3. The highest BCUT2D eigenvalue weighted by Gasteiger charge is 2.72. The number of carboxylic acid groups (broad SMARTS) is 1. The van der Waals surface area contributed by atoms with Gasteiger partial charge in [-0.05, 0) is 118 Å². The first-order valence-electron chi connectivity index (χ1n) is 15.3. The quantitative estimate of drug-likeness (QED) is 0.285. The summed E-state index contributed by atoms with van der Waals surface area (Å²) in [6.45, 7) is 8.82. The lowest BCUT2D eigenvalue weighted by Gasteiger charge is -2.59. The van der Waals surface area contributed by atoms with E-state index >= 15 is 0 Å². The van der Waals surface area contributed by atoms with E-state index in [0.717, 1.165) is 25.7 Å². The van der Waals surface area contributed by atoms with Gasteiger partial charge in [0.15, 0.2) is 6.29 Å². The summed E-state index contributed by atoms with van der Waals surface area (Å²) in [6.07, 6.45) is 5.92. The molecule has 13 unspecified atom stereocenters. The number of aliphatic carboxylic acids is 1. The van der Waals surface area contributed by atoms with Crippen molar-refractivity contribution in [2.45, 2.75) is 91.0 Å². The van der Waals surface area contributed by atoms with Crippen LogP contribution < -0.4 is 0 Å². The Morgan fingerprint density at radius 1 is 0.842 bits per heavy atom. The van der Waals surface area contributed by atoms with E-state index in [1.807, 2.05) is 6.92 Å². The molecule has 0 aromatic rings. The lowest BCUT2D eigenvalue weighted by molar-refractivity contribution is -0.218. The summed E-state index contributed by atoms with van der Waals surface area (Å²) in [6, 6.07) is 0. The van der Waals surface area contributed by atoms with Crippen LogP contribution in [0.5, 0.6) is 0 Å². The van der Waals surface area contributed by atoms with Crippen molar-refractivity contribution in [3.63, 3.8) is 0 Å². The molecule has 0 heterocycles. The van der Waals surface area contributed by atoms with Crippen molar-refractivity contribution < 1.29 is 33.7 Å². The van der Waals surface area contributed by atoms with Gasteiger partial charge in [-0.25, -0.2) is 0 Å². The van der Waals surface area contributed by atoms with E-state index in [-0.39, 0.29) is 23.8 Å². The average Bonchev–Trinajstić information content (AvgIpc) is 3.56. The highest BCUT2D eigenvalue weighted by molar-refractivity contribution is 5.84. The van der Waals surface area contributed by atoms with Gasteiger partial charge >= 0.3 is 17.9 Å². The van der Waals surface area contributed by atoms with Crippen LogP contribution >= 0.6 is 0 Å². The second kappa shape index (κ2) is 8.44. The standard InChI is InChI=1S/C31H44O7/c1-5-36-16(4)37-27(32)25-21-8-22(24-20-7-19(23(21)24)14(2)15(20)3)26(25)28(33)38-31-11-17-6-18(12-31)10-30(9-17,13-31)29(34)35/h14-26H,5-13H2,1-4H3,(H,34,35). The van der Waals surface area contributed by atoms with Crippen molar-refractivity contribution in [1.29, 1.82) is 0 Å². The molecule has 38 heavy (non-hydrogen) atoms. The Morgan fingerprint density at radius 3 is 1.95 bits per heavy atom. The van der Waals surface area contributed by atoms with Gasteiger partial charge in [0, 0.05) is 13.0 Å². The van der Waals surface area contributed by atoms with E-state index < -0.39 is 35.1 Å². The maximum Gasteiger partial charge on any atom is 0.312 e. The molecule has 8 saturated carbocycles. The zero-order chi connectivity index (χ0) is 26.7. The van der Waals surface area contributed by atoms with Gasteiger partial charge < -0.3 is 19.3 Å². The fraction of sp³-hybridized carbons (Fsp3) is 0.903. The number of rotatable bonds is 7. The third-order valence-electron chi connectivity index (χ3n) is 13.0. The second-order valence-electron chi connectivity index (χ2n) is 14.7. The molecule has 0 aromatic heterocycles. The smallest absolute Gasteiger partial charge is 0.312 e. The van der Waals surface area contributed by atoms with Gasteiger partial charge in [-0.15, -0.1) is 0 Å². The molecule has 7 heteroatoms. The molecule has 8 bridgehead atoms. The maximum absolute atomic E-state index is 14.3. The van der Waals surface area contributed by atoms with Crippen LogP contribution in [-0.4, -0.2) is 41.5 Å². The number of carbonyl (C=O) groups excluding carboxylic acids is 2. The minimum atomic E-state index is -0.758. The largest absolute Gasteiger partial charge is 0.481 e. The fourth-order valence-corrected chi connectivity index (χ4v) is 12.2. The molecule has 8 aliphatic carbocycles. The summed E-state index contributed by atoms with van der Waals surface area (Å²) < 4.78 is 17.8. The molecule has 7 nitrogen and oxygen atoms in total. The normalized spacial score (nSPS) is 53.7. The Balaban J connectivity index is 1.18. The lowest BCUT2D eigenvalue weighted by atomic mass is 9.48. The number of hydrogen-bond donors (Lipinski definition) is 1. The van der Waals surface area contributed by atoms with Gasteiger partial charge in [0.05, 0.1) is 17.3 Å². The van der Waals surface area contributed by atoms with E-state index in [9.17, 15) is 19.5 Å². The molecule has 0 saturated heterocycles. The van der Waals surface area contributed by atoms with E-state index in [0.29, 0.717) is 73.2 Å². The van der Waals surface area contributed by atoms with Crippen LogP contribution in [0.25, 0.3) is 0 Å². The number of carbonyl (C=O) groups is 3. The molecule has 1 N–H and O–H groups in total. The Labute approximate surface area is 225 Å². The molecular weight excluding hydrogens is 484 g/mol. The molecule has 13 atom stereocenters. The number of ether oxygens (including phenoxy) is 3. The van der Waals surface area contributed by atoms with Crippen molar-refractivity contribution in [3.8, 4) is 0 Å². The summed E-state index contributed by atoms with van der Waals surface area (Å²) in [7, 11) is 0. The Bertz CT molecular complexity index is 1020. The van der Waals surface area contributed by atoms with Gasteiger partial charge in [0.1, 0.15) is 5.60 Å². The van der Waals surface area contributed by atoms with E-state index in [2.05, 4.69) is 13.8 Å². The first-order chi connectivity index (χ1) is 18.1. The van der Waals surface area contributed by atoms with Crippen molar-refractivity contribution in [2.75, 3.05) is 6.61 Å². The first-order valence-corrected chi connectivity index (χ1v) is 15.3. The molecule has 8 aliphatic rings. The molecule has 8 rings (SSSR count). The minimum absolute atomic E-state index is 0.157. The second-order valence-corrected chi connectivity index (χ2v) is 14.7. The molecule has 0 spiro atoms. The van der Waals surface area contributed by atoms with Crippen molar-refractivity contribution in [1.82, 2.24) is 0 Å². The van der Waals surface area contributed by atoms with E-state index in [4.69, 9.17) is 14.2 Å². The SMILES string of the molecule is CCOC(C)OC(=O)C1C2CC(C1C(=O)OC13CC4CC(C1)CC(C(=O)O)(C4)C3)C1C3CC(C(C)C3C)C21. The van der Waals surface area contributed by atoms with Crippen LogP contribution in [-0.2, 0) is 28.6 Å². The van der Waals surface area contributed by atoms with Gasteiger partial charge in [-0.1, -0.05) is 13.8 Å². The summed E-state index contributed by atoms with van der Waals surface area (Å²) in [5.74, 6) is 2.22. The van der Waals surface area contributed by atoms with Crippen LogP contribution in [0.3, 0.4) is 0 Å². The lowest BCUT2D eigenvalue weighted by Crippen LogP contribution is -2.60. The van der Waals surface area contributed by atoms with Gasteiger partial charge in [0.25, 0.3) is 0 Å². The number of esters is 2. The van der Waals surface area contributed by atoms with E-state index in [1.165, 1.54) is 6.42 Å². The van der Waals surface area contributed by atoms with Crippen molar-refractivity contribution in [2.24, 2.45) is 76.4 Å². The highest BCUT2D eigenvalue weighted by Crippen LogP contribution is 2.73. The predicted octanol–water partition coefficient (Wildman–Crippen LogP) is 4.92. The summed E-state index contributed by atoms with van der Waals surface area (Å²) in [5.41, 5.74) is -1.45. The van der Waals surface area contributed by atoms with Crippen LogP contribution in [0.2, 0.25) is 0 Å². The Hall–Kier alpha value is -1.63. The number of hydrogen-bond acceptors (Lipinski definition) is 6. The Morgan fingerprint density at radius 2 is 1.39 bits per heavy atom. The first kappa shape index (κ1) is 25.3. The van der Waals surface area contributed by atoms with Gasteiger partial charge in [-0.2, -0.15) is 0 Å². The van der Waals surface area contributed by atoms with Crippen LogP contribution in [0.1, 0.15) is 79.1 Å². The van der Waals surface area contributed by atoms with Gasteiger partial charge in [-0.3, -0.25) is 14.4 Å². The Kier molecular flexibility index (Phi) is 5.63. The fourth-order valence-electron chi connectivity index (χ4n) is 12.2. The molecule has 210 valence electrons. The van der Waals surface area contributed by atoms with Gasteiger partial charge in [0.2, 0.25) is 0 Å².